The van der Waals surface area contributed by atoms with Crippen molar-refractivity contribution in [3.05, 3.63) is 98.7 Å². The molecule has 3 aromatic carbocycles. The molecule has 0 spiro atoms. The Balaban J connectivity index is 1.60. The molecule has 6 rings (SSSR count). The van der Waals surface area contributed by atoms with Crippen molar-refractivity contribution in [1.29, 1.82) is 0 Å². The zero-order valence-corrected chi connectivity index (χ0v) is 18.9. The molecule has 0 amide bonds. The molecule has 0 saturated carbocycles. The maximum Gasteiger partial charge on any atom is 0.312 e. The number of carbonyl (C=O) groups is 1. The summed E-state index contributed by atoms with van der Waals surface area (Å²) < 4.78 is 22.1. The number of ether oxygens (including phenoxy) is 2. The van der Waals surface area contributed by atoms with Gasteiger partial charge < -0.3 is 23.4 Å². The Labute approximate surface area is 202 Å². The van der Waals surface area contributed by atoms with Gasteiger partial charge >= 0.3 is 5.97 Å². The highest BCUT2D eigenvalue weighted by Crippen LogP contribution is 2.45. The smallest absolute Gasteiger partial charge is 0.312 e. The number of para-hydroxylation sites is 1. The second kappa shape index (κ2) is 8.13. The van der Waals surface area contributed by atoms with Gasteiger partial charge in [-0.1, -0.05) is 24.3 Å². The molecular weight excluding hydrogens is 464 g/mol. The molecule has 1 N–H and O–H groups in total. The van der Waals surface area contributed by atoms with Crippen LogP contribution in [0.4, 0.5) is 0 Å². The van der Waals surface area contributed by atoms with E-state index in [0.717, 1.165) is 0 Å². The molecular formula is C28H18O8. The topological polar surface area (TPSA) is 116 Å². The summed E-state index contributed by atoms with van der Waals surface area (Å²) in [6.07, 6.45) is 2.45. The second-order valence-corrected chi connectivity index (χ2v) is 8.47. The predicted molar refractivity (Wildman–Crippen MR) is 131 cm³/mol. The van der Waals surface area contributed by atoms with Crippen molar-refractivity contribution in [3.8, 4) is 28.4 Å². The normalized spacial score (nSPS) is 15.0. The highest BCUT2D eigenvalue weighted by atomic mass is 16.5. The number of phenolic OH excluding ortho intramolecular Hbond substituents is 1. The standard InChI is InChI=1S/C28H18O8/c1-33-15-8-6-14(7-9-15)18-12-35-28-24-17(19-13-34-21-5-3-2-4-16(21)26(19)31)10-23(30)36-22(24)11-20(29)25(28)27(18)32/h2-9,11-13,17,29H,10H2,1H3/t17-/m0/s1. The van der Waals surface area contributed by atoms with Crippen LogP contribution in [0.2, 0.25) is 0 Å². The molecule has 1 aliphatic heterocycles. The first-order valence-electron chi connectivity index (χ1n) is 11.1. The lowest BCUT2D eigenvalue weighted by Gasteiger charge is -2.25. The van der Waals surface area contributed by atoms with Crippen molar-refractivity contribution < 1.29 is 28.2 Å². The number of rotatable bonds is 3. The van der Waals surface area contributed by atoms with E-state index >= 15 is 0 Å². The molecule has 0 radical (unpaired) electrons. The van der Waals surface area contributed by atoms with Gasteiger partial charge in [0.05, 0.1) is 30.7 Å². The van der Waals surface area contributed by atoms with Crippen molar-refractivity contribution >= 4 is 27.9 Å². The zero-order chi connectivity index (χ0) is 25.0. The van der Waals surface area contributed by atoms with Crippen LogP contribution in [0.1, 0.15) is 23.5 Å². The lowest BCUT2D eigenvalue weighted by atomic mass is 9.85. The minimum Gasteiger partial charge on any atom is -0.507 e. The van der Waals surface area contributed by atoms with Crippen molar-refractivity contribution in [3.63, 3.8) is 0 Å². The highest BCUT2D eigenvalue weighted by Gasteiger charge is 2.35. The van der Waals surface area contributed by atoms with E-state index in [0.29, 0.717) is 27.8 Å². The minimum absolute atomic E-state index is 0.0224. The minimum atomic E-state index is -0.805. The Morgan fingerprint density at radius 2 is 1.72 bits per heavy atom. The van der Waals surface area contributed by atoms with Gasteiger partial charge in [0.15, 0.2) is 5.43 Å². The van der Waals surface area contributed by atoms with E-state index in [2.05, 4.69) is 0 Å². The summed E-state index contributed by atoms with van der Waals surface area (Å²) in [4.78, 5) is 39.3. The molecule has 0 bridgehead atoms. The number of hydrogen-bond donors (Lipinski definition) is 1. The van der Waals surface area contributed by atoms with Crippen LogP contribution in [0, 0.1) is 0 Å². The Kier molecular flexibility index (Phi) is 4.89. The molecule has 0 saturated heterocycles. The predicted octanol–water partition coefficient (Wildman–Crippen LogP) is 4.72. The zero-order valence-electron chi connectivity index (χ0n) is 18.9. The largest absolute Gasteiger partial charge is 0.507 e. The summed E-state index contributed by atoms with van der Waals surface area (Å²) in [5, 5.41) is 11.0. The summed E-state index contributed by atoms with van der Waals surface area (Å²) in [6, 6.07) is 14.8. The van der Waals surface area contributed by atoms with E-state index in [-0.39, 0.29) is 39.7 Å². The molecule has 8 heteroatoms. The maximum atomic E-state index is 13.5. The molecule has 0 unspecified atom stereocenters. The molecule has 0 fully saturated rings. The third kappa shape index (κ3) is 3.26. The third-order valence-corrected chi connectivity index (χ3v) is 6.45. The number of carbonyl (C=O) groups excluding carboxylic acids is 1. The number of phenols is 1. The molecule has 3 heterocycles. The fourth-order valence-electron chi connectivity index (χ4n) is 4.70. The van der Waals surface area contributed by atoms with Crippen molar-refractivity contribution in [1.82, 2.24) is 0 Å². The lowest BCUT2D eigenvalue weighted by molar-refractivity contribution is -0.135. The first kappa shape index (κ1) is 21.7. The number of hydrogen-bond acceptors (Lipinski definition) is 8. The van der Waals surface area contributed by atoms with E-state index in [4.69, 9.17) is 18.3 Å². The molecule has 5 aromatic rings. The van der Waals surface area contributed by atoms with E-state index < -0.39 is 23.1 Å². The van der Waals surface area contributed by atoms with Crippen LogP contribution in [0.15, 0.2) is 85.5 Å². The van der Waals surface area contributed by atoms with Crippen LogP contribution in [0.3, 0.4) is 0 Å². The molecule has 1 aliphatic rings. The summed E-state index contributed by atoms with van der Waals surface area (Å²) in [6.45, 7) is 0. The lowest BCUT2D eigenvalue weighted by Crippen LogP contribution is -2.25. The number of aromatic hydroxyl groups is 1. The van der Waals surface area contributed by atoms with Gasteiger partial charge in [0, 0.05) is 23.1 Å². The fourth-order valence-corrected chi connectivity index (χ4v) is 4.70. The first-order valence-corrected chi connectivity index (χ1v) is 11.1. The number of methoxy groups -OCH3 is 1. The Morgan fingerprint density at radius 3 is 2.50 bits per heavy atom. The van der Waals surface area contributed by atoms with E-state index in [1.54, 1.807) is 55.6 Å². The fraction of sp³-hybridized carbons (Fsp3) is 0.107. The molecule has 1 atom stereocenters. The second-order valence-electron chi connectivity index (χ2n) is 8.47. The monoisotopic (exact) mass is 482 g/mol. The molecule has 0 aliphatic carbocycles. The first-order chi connectivity index (χ1) is 17.5. The summed E-state index contributed by atoms with van der Waals surface area (Å²) >= 11 is 0. The van der Waals surface area contributed by atoms with Gasteiger partial charge in [-0.3, -0.25) is 14.4 Å². The van der Waals surface area contributed by atoms with E-state index in [1.165, 1.54) is 18.6 Å². The van der Waals surface area contributed by atoms with Crippen molar-refractivity contribution in [2.24, 2.45) is 0 Å². The number of esters is 1. The molecule has 8 nitrogen and oxygen atoms in total. The van der Waals surface area contributed by atoms with Gasteiger partial charge in [-0.25, -0.2) is 0 Å². The van der Waals surface area contributed by atoms with Crippen molar-refractivity contribution in [2.75, 3.05) is 7.11 Å². The van der Waals surface area contributed by atoms with Gasteiger partial charge in [0.2, 0.25) is 5.43 Å². The quantitative estimate of drug-likeness (QED) is 0.290. The molecule has 36 heavy (non-hydrogen) atoms. The van der Waals surface area contributed by atoms with Crippen LogP contribution in [0.25, 0.3) is 33.1 Å². The van der Waals surface area contributed by atoms with Gasteiger partial charge in [0.1, 0.15) is 40.1 Å². The van der Waals surface area contributed by atoms with Crippen LogP contribution < -0.4 is 20.3 Å². The van der Waals surface area contributed by atoms with Crippen LogP contribution in [0.5, 0.6) is 17.2 Å². The van der Waals surface area contributed by atoms with Gasteiger partial charge in [0.25, 0.3) is 0 Å². The Hall–Kier alpha value is -4.85. The summed E-state index contributed by atoms with van der Waals surface area (Å²) in [5.41, 5.74) is 1.03. The summed E-state index contributed by atoms with van der Waals surface area (Å²) in [5.74, 6) is -1.14. The van der Waals surface area contributed by atoms with Crippen molar-refractivity contribution in [2.45, 2.75) is 12.3 Å². The maximum absolute atomic E-state index is 13.5. The van der Waals surface area contributed by atoms with E-state index in [9.17, 15) is 19.5 Å². The van der Waals surface area contributed by atoms with Crippen LogP contribution in [-0.2, 0) is 4.79 Å². The van der Waals surface area contributed by atoms with Gasteiger partial charge in [-0.15, -0.1) is 0 Å². The highest BCUT2D eigenvalue weighted by molar-refractivity contribution is 5.94. The summed E-state index contributed by atoms with van der Waals surface area (Å²) in [7, 11) is 1.54. The van der Waals surface area contributed by atoms with Gasteiger partial charge in [-0.2, -0.15) is 0 Å². The Bertz CT molecular complexity index is 1790. The third-order valence-electron chi connectivity index (χ3n) is 6.45. The number of fused-ring (bicyclic) bond motifs is 4. The molecule has 178 valence electrons. The average molecular weight is 482 g/mol. The average Bonchev–Trinajstić information content (AvgIpc) is 2.88. The van der Waals surface area contributed by atoms with E-state index in [1.807, 2.05) is 0 Å². The van der Waals surface area contributed by atoms with Gasteiger partial charge in [-0.05, 0) is 29.8 Å². The SMILES string of the molecule is COc1ccc(-c2coc3c4c(cc(O)c3c2=O)OC(=O)C[C@H]4c2coc3ccccc3c2=O)cc1. The number of benzene rings is 3. The Morgan fingerprint density at radius 1 is 0.944 bits per heavy atom. The molecule has 2 aromatic heterocycles. The van der Waals surface area contributed by atoms with Crippen LogP contribution in [-0.4, -0.2) is 18.2 Å². The van der Waals surface area contributed by atoms with Crippen LogP contribution >= 0.6 is 0 Å².